The normalized spacial score (nSPS) is 17.0. The third-order valence-corrected chi connectivity index (χ3v) is 6.45. The van der Waals surface area contributed by atoms with Crippen LogP contribution < -0.4 is 10.7 Å². The van der Waals surface area contributed by atoms with E-state index in [1.165, 1.54) is 17.7 Å². The molecule has 9 heteroatoms. The van der Waals surface area contributed by atoms with E-state index in [4.69, 9.17) is 0 Å². The molecule has 4 rings (SSSR count). The van der Waals surface area contributed by atoms with Crippen LogP contribution in [0.2, 0.25) is 0 Å². The predicted molar refractivity (Wildman–Crippen MR) is 109 cm³/mol. The van der Waals surface area contributed by atoms with Crippen LogP contribution in [0, 0.1) is 10.1 Å². The zero-order valence-corrected chi connectivity index (χ0v) is 16.7. The molecule has 1 fully saturated rings. The van der Waals surface area contributed by atoms with E-state index < -0.39 is 4.92 Å². The van der Waals surface area contributed by atoms with E-state index in [0.29, 0.717) is 5.75 Å². The molecule has 1 saturated heterocycles. The van der Waals surface area contributed by atoms with Crippen LogP contribution in [0.3, 0.4) is 0 Å². The summed E-state index contributed by atoms with van der Waals surface area (Å²) in [5.41, 5.74) is 3.16. The van der Waals surface area contributed by atoms with Gasteiger partial charge in [-0.15, -0.1) is 11.8 Å². The Morgan fingerprint density at radius 2 is 1.86 bits per heavy atom. The molecule has 28 heavy (non-hydrogen) atoms. The molecule has 1 aromatic carbocycles. The molecule has 0 spiro atoms. The lowest BCUT2D eigenvalue weighted by Gasteiger charge is -2.35. The lowest BCUT2D eigenvalue weighted by atomic mass is 10.2. The molecular weight excluding hydrogens is 378 g/mol. The molecule has 1 aliphatic carbocycles. The first kappa shape index (κ1) is 18.9. The second kappa shape index (κ2) is 7.92. The fourth-order valence-corrected chi connectivity index (χ4v) is 4.81. The Hall–Kier alpha value is -2.39. The van der Waals surface area contributed by atoms with Crippen LogP contribution in [-0.4, -0.2) is 52.7 Å². The number of thioether (sulfide) groups is 1. The SMILES string of the molecule is CN1CCN(n2c3c(c(SCc4ccc([N+](=O)[O-])cc4)nc2=O)CCC3)CC1. The van der Waals surface area contributed by atoms with Crippen molar-refractivity contribution in [2.75, 3.05) is 38.2 Å². The average molecular weight is 401 g/mol. The van der Waals surface area contributed by atoms with Gasteiger partial charge in [0.15, 0.2) is 0 Å². The maximum absolute atomic E-state index is 12.8. The van der Waals surface area contributed by atoms with Crippen molar-refractivity contribution < 1.29 is 4.92 Å². The first-order chi connectivity index (χ1) is 13.5. The van der Waals surface area contributed by atoms with E-state index in [1.807, 2.05) is 4.68 Å². The lowest BCUT2D eigenvalue weighted by Crippen LogP contribution is -2.54. The molecule has 0 amide bonds. The molecule has 8 nitrogen and oxygen atoms in total. The summed E-state index contributed by atoms with van der Waals surface area (Å²) >= 11 is 1.54. The van der Waals surface area contributed by atoms with Crippen molar-refractivity contribution in [3.63, 3.8) is 0 Å². The number of non-ortho nitro benzene ring substituents is 1. The molecule has 0 atom stereocenters. The highest BCUT2D eigenvalue weighted by Crippen LogP contribution is 2.31. The fraction of sp³-hybridized carbons (Fsp3) is 0.474. The number of likely N-dealkylation sites (N-methyl/N-ethyl adjacent to an activating group) is 1. The molecule has 0 N–H and O–H groups in total. The molecule has 2 aliphatic rings. The van der Waals surface area contributed by atoms with Crippen LogP contribution in [0.25, 0.3) is 0 Å². The fourth-order valence-electron chi connectivity index (χ4n) is 3.78. The van der Waals surface area contributed by atoms with Crippen molar-refractivity contribution >= 4 is 17.4 Å². The van der Waals surface area contributed by atoms with Gasteiger partial charge >= 0.3 is 5.69 Å². The van der Waals surface area contributed by atoms with E-state index in [0.717, 1.165) is 61.7 Å². The molecule has 1 aliphatic heterocycles. The maximum atomic E-state index is 12.8. The number of fused-ring (bicyclic) bond motifs is 1. The molecule has 2 heterocycles. The van der Waals surface area contributed by atoms with Gasteiger partial charge in [0.1, 0.15) is 5.03 Å². The van der Waals surface area contributed by atoms with Crippen LogP contribution in [-0.2, 0) is 18.6 Å². The van der Waals surface area contributed by atoms with Crippen LogP contribution in [0.15, 0.2) is 34.1 Å². The zero-order valence-electron chi connectivity index (χ0n) is 15.8. The summed E-state index contributed by atoms with van der Waals surface area (Å²) in [6.45, 7) is 3.55. The Labute approximate surface area is 167 Å². The van der Waals surface area contributed by atoms with E-state index in [-0.39, 0.29) is 11.4 Å². The van der Waals surface area contributed by atoms with Gasteiger partial charge in [-0.3, -0.25) is 10.1 Å². The summed E-state index contributed by atoms with van der Waals surface area (Å²) < 4.78 is 1.81. The predicted octanol–water partition coefficient (Wildman–Crippen LogP) is 1.82. The van der Waals surface area contributed by atoms with Gasteiger partial charge < -0.3 is 9.91 Å². The Kier molecular flexibility index (Phi) is 5.36. The Morgan fingerprint density at radius 3 is 2.54 bits per heavy atom. The van der Waals surface area contributed by atoms with Gasteiger partial charge in [0.05, 0.1) is 10.6 Å². The number of nitro groups is 1. The van der Waals surface area contributed by atoms with E-state index >= 15 is 0 Å². The molecule has 0 radical (unpaired) electrons. The second-order valence-electron chi connectivity index (χ2n) is 7.26. The van der Waals surface area contributed by atoms with E-state index in [2.05, 4.69) is 21.9 Å². The minimum Gasteiger partial charge on any atom is -0.306 e. The molecule has 1 aromatic heterocycles. The van der Waals surface area contributed by atoms with Crippen LogP contribution in [0.5, 0.6) is 0 Å². The molecule has 2 aromatic rings. The van der Waals surface area contributed by atoms with E-state index in [9.17, 15) is 14.9 Å². The highest BCUT2D eigenvalue weighted by molar-refractivity contribution is 7.98. The van der Waals surface area contributed by atoms with Gasteiger partial charge in [-0.2, -0.15) is 4.98 Å². The molecule has 0 unspecified atom stereocenters. The number of hydrogen-bond acceptors (Lipinski definition) is 7. The van der Waals surface area contributed by atoms with Crippen molar-refractivity contribution in [2.45, 2.75) is 30.0 Å². The number of aromatic nitrogens is 2. The third kappa shape index (κ3) is 3.77. The van der Waals surface area contributed by atoms with Gasteiger partial charge in [-0.05, 0) is 31.9 Å². The quantitative estimate of drug-likeness (QED) is 0.327. The zero-order chi connectivity index (χ0) is 19.7. The summed E-state index contributed by atoms with van der Waals surface area (Å²) in [6, 6.07) is 6.55. The minimum absolute atomic E-state index is 0.0857. The first-order valence-electron chi connectivity index (χ1n) is 9.47. The van der Waals surface area contributed by atoms with Gasteiger partial charge in [0.25, 0.3) is 5.69 Å². The van der Waals surface area contributed by atoms with Gasteiger partial charge in [0, 0.05) is 49.6 Å². The van der Waals surface area contributed by atoms with Gasteiger partial charge in [-0.25, -0.2) is 9.47 Å². The number of rotatable bonds is 5. The van der Waals surface area contributed by atoms with Crippen molar-refractivity contribution in [1.82, 2.24) is 14.6 Å². The monoisotopic (exact) mass is 401 g/mol. The standard InChI is InChI=1S/C19H23N5O3S/c1-21-9-11-22(12-10-21)23-17-4-2-3-16(17)18(20-19(23)25)28-13-14-5-7-15(8-6-14)24(26)27/h5-8H,2-4,9-13H2,1H3. The second-order valence-corrected chi connectivity index (χ2v) is 8.22. The third-order valence-electron chi connectivity index (χ3n) is 5.37. The number of benzene rings is 1. The number of nitrogens with zero attached hydrogens (tertiary/aromatic N) is 5. The molecule has 0 bridgehead atoms. The Morgan fingerprint density at radius 1 is 1.14 bits per heavy atom. The van der Waals surface area contributed by atoms with Crippen LogP contribution in [0.4, 0.5) is 5.69 Å². The Bertz CT molecular complexity index is 936. The average Bonchev–Trinajstić information content (AvgIpc) is 3.17. The van der Waals surface area contributed by atoms with Crippen LogP contribution >= 0.6 is 11.8 Å². The number of nitro benzene ring substituents is 1. The van der Waals surface area contributed by atoms with Crippen molar-refractivity contribution in [3.05, 3.63) is 61.7 Å². The molecule has 148 valence electrons. The van der Waals surface area contributed by atoms with Crippen molar-refractivity contribution in [2.24, 2.45) is 0 Å². The van der Waals surface area contributed by atoms with Crippen LogP contribution in [0.1, 0.15) is 23.2 Å². The topological polar surface area (TPSA) is 84.5 Å². The summed E-state index contributed by atoms with van der Waals surface area (Å²) in [4.78, 5) is 29.9. The lowest BCUT2D eigenvalue weighted by molar-refractivity contribution is -0.384. The smallest absolute Gasteiger partial charge is 0.306 e. The largest absolute Gasteiger partial charge is 0.367 e. The highest BCUT2D eigenvalue weighted by Gasteiger charge is 2.26. The first-order valence-corrected chi connectivity index (χ1v) is 10.5. The van der Waals surface area contributed by atoms with E-state index in [1.54, 1.807) is 23.9 Å². The molecular formula is C19H23N5O3S. The summed E-state index contributed by atoms with van der Waals surface area (Å²) in [7, 11) is 2.10. The van der Waals surface area contributed by atoms with Gasteiger partial charge in [-0.1, -0.05) is 12.1 Å². The Balaban J connectivity index is 1.55. The molecule has 0 saturated carbocycles. The number of hydrogen-bond donors (Lipinski definition) is 0. The van der Waals surface area contributed by atoms with Crippen molar-refractivity contribution in [1.29, 1.82) is 0 Å². The summed E-state index contributed by atoms with van der Waals surface area (Å²) in [5, 5.41) is 13.7. The summed E-state index contributed by atoms with van der Waals surface area (Å²) in [5.74, 6) is 0.634. The maximum Gasteiger partial charge on any atom is 0.367 e. The minimum atomic E-state index is -0.399. The summed E-state index contributed by atoms with van der Waals surface area (Å²) in [6.07, 6.45) is 2.89. The number of piperazine rings is 1. The van der Waals surface area contributed by atoms with Gasteiger partial charge in [0.2, 0.25) is 0 Å². The highest BCUT2D eigenvalue weighted by atomic mass is 32.2. The van der Waals surface area contributed by atoms with Crippen molar-refractivity contribution in [3.8, 4) is 0 Å².